The third-order valence-corrected chi connectivity index (χ3v) is 4.44. The summed E-state index contributed by atoms with van der Waals surface area (Å²) in [6.45, 7) is 0.244. The molecule has 0 unspecified atom stereocenters. The molecule has 1 aromatic heterocycles. The normalized spacial score (nSPS) is 12.3. The number of carbonyl (C=O) groups is 2. The first-order valence-electron chi connectivity index (χ1n) is 9.58. The van der Waals surface area contributed by atoms with Gasteiger partial charge in [-0.05, 0) is 36.4 Å². The van der Waals surface area contributed by atoms with Gasteiger partial charge in [0.15, 0.2) is 18.2 Å². The number of rotatable bonds is 6. The van der Waals surface area contributed by atoms with Gasteiger partial charge in [0, 0.05) is 5.69 Å². The molecule has 9 nitrogen and oxygen atoms in total. The Hall–Kier alpha value is -4.27. The molecule has 0 aliphatic carbocycles. The number of ether oxygens (including phenoxy) is 2. The molecule has 0 atom stereocenters. The monoisotopic (exact) mass is 420 g/mol. The standard InChI is InChI=1S/C22H20N4O5/c27-20(28)14-31-17-9-5-4-8-16(17)24-19-11-10-18-21(25-19)26(12-13-30-18)22(29)23-15-6-2-1-3-7-15/h1-11H,12-14H2,(H,23,29)(H,24,25)(H,27,28). The van der Waals surface area contributed by atoms with Crippen molar-refractivity contribution in [2.75, 3.05) is 35.3 Å². The van der Waals surface area contributed by atoms with Gasteiger partial charge >= 0.3 is 12.0 Å². The molecule has 3 aromatic rings. The number of para-hydroxylation sites is 3. The quantitative estimate of drug-likeness (QED) is 0.557. The van der Waals surface area contributed by atoms with Gasteiger partial charge in [-0.25, -0.2) is 14.6 Å². The van der Waals surface area contributed by atoms with Crippen LogP contribution in [0.4, 0.5) is 27.8 Å². The van der Waals surface area contributed by atoms with Crippen molar-refractivity contribution in [1.29, 1.82) is 0 Å². The van der Waals surface area contributed by atoms with E-state index < -0.39 is 12.6 Å². The van der Waals surface area contributed by atoms with Crippen LogP contribution >= 0.6 is 0 Å². The fourth-order valence-corrected chi connectivity index (χ4v) is 3.05. The Morgan fingerprint density at radius 2 is 1.84 bits per heavy atom. The number of nitrogens with one attached hydrogen (secondary N) is 2. The molecule has 158 valence electrons. The second-order valence-electron chi connectivity index (χ2n) is 6.62. The molecule has 0 spiro atoms. The molecule has 0 saturated carbocycles. The van der Waals surface area contributed by atoms with E-state index in [-0.39, 0.29) is 6.03 Å². The predicted octanol–water partition coefficient (Wildman–Crippen LogP) is 3.72. The number of amides is 2. The summed E-state index contributed by atoms with van der Waals surface area (Å²) in [6, 6.07) is 19.2. The van der Waals surface area contributed by atoms with Crippen LogP contribution in [0.15, 0.2) is 66.7 Å². The van der Waals surface area contributed by atoms with Crippen molar-refractivity contribution in [2.45, 2.75) is 0 Å². The lowest BCUT2D eigenvalue weighted by Crippen LogP contribution is -2.41. The Bertz CT molecular complexity index is 1090. The maximum absolute atomic E-state index is 12.8. The molecule has 0 saturated heterocycles. The van der Waals surface area contributed by atoms with Crippen molar-refractivity contribution < 1.29 is 24.2 Å². The Balaban J connectivity index is 1.56. The van der Waals surface area contributed by atoms with Crippen LogP contribution in [0, 0.1) is 0 Å². The van der Waals surface area contributed by atoms with Crippen molar-refractivity contribution in [2.24, 2.45) is 0 Å². The highest BCUT2D eigenvalue weighted by atomic mass is 16.5. The van der Waals surface area contributed by atoms with E-state index in [0.717, 1.165) is 0 Å². The van der Waals surface area contributed by atoms with Gasteiger partial charge in [-0.2, -0.15) is 0 Å². The molecule has 0 radical (unpaired) electrons. The molecular formula is C22H20N4O5. The molecule has 4 rings (SSSR count). The highest BCUT2D eigenvalue weighted by molar-refractivity contribution is 6.02. The number of nitrogens with zero attached hydrogens (tertiary/aromatic N) is 2. The van der Waals surface area contributed by atoms with Crippen LogP contribution in [0.3, 0.4) is 0 Å². The van der Waals surface area contributed by atoms with Gasteiger partial charge in [0.1, 0.15) is 18.2 Å². The largest absolute Gasteiger partial charge is 0.488 e. The number of urea groups is 1. The smallest absolute Gasteiger partial charge is 0.341 e. The average Bonchev–Trinajstić information content (AvgIpc) is 2.78. The lowest BCUT2D eigenvalue weighted by Gasteiger charge is -2.29. The highest BCUT2D eigenvalue weighted by Crippen LogP contribution is 2.33. The summed E-state index contributed by atoms with van der Waals surface area (Å²) in [7, 11) is 0. The lowest BCUT2D eigenvalue weighted by molar-refractivity contribution is -0.139. The van der Waals surface area contributed by atoms with Crippen molar-refractivity contribution >= 4 is 35.0 Å². The summed E-state index contributed by atoms with van der Waals surface area (Å²) in [4.78, 5) is 29.7. The van der Waals surface area contributed by atoms with Gasteiger partial charge in [-0.15, -0.1) is 0 Å². The van der Waals surface area contributed by atoms with Crippen LogP contribution < -0.4 is 25.0 Å². The molecule has 2 heterocycles. The summed E-state index contributed by atoms with van der Waals surface area (Å²) in [5, 5.41) is 14.8. The number of aromatic nitrogens is 1. The van der Waals surface area contributed by atoms with Gasteiger partial charge in [0.05, 0.1) is 12.2 Å². The van der Waals surface area contributed by atoms with Gasteiger partial charge in [0.2, 0.25) is 0 Å². The number of benzene rings is 2. The van der Waals surface area contributed by atoms with Crippen LogP contribution in [-0.2, 0) is 4.79 Å². The first-order valence-corrected chi connectivity index (χ1v) is 9.58. The fraction of sp³-hybridized carbons (Fsp3) is 0.136. The van der Waals surface area contributed by atoms with Crippen molar-refractivity contribution in [1.82, 2.24) is 4.98 Å². The van der Waals surface area contributed by atoms with Crippen molar-refractivity contribution in [3.63, 3.8) is 0 Å². The van der Waals surface area contributed by atoms with Crippen LogP contribution in [-0.4, -0.2) is 41.8 Å². The number of anilines is 4. The van der Waals surface area contributed by atoms with Crippen molar-refractivity contribution in [3.8, 4) is 11.5 Å². The van der Waals surface area contributed by atoms with E-state index in [1.807, 2.05) is 18.2 Å². The maximum atomic E-state index is 12.8. The number of hydrogen-bond acceptors (Lipinski definition) is 6. The van der Waals surface area contributed by atoms with E-state index in [0.29, 0.717) is 47.7 Å². The first kappa shape index (κ1) is 20.0. The summed E-state index contributed by atoms with van der Waals surface area (Å²) >= 11 is 0. The second kappa shape index (κ2) is 9.04. The topological polar surface area (TPSA) is 113 Å². The van der Waals surface area contributed by atoms with Gasteiger partial charge in [-0.1, -0.05) is 30.3 Å². The third kappa shape index (κ3) is 4.84. The van der Waals surface area contributed by atoms with Crippen LogP contribution in [0.25, 0.3) is 0 Å². The number of hydrogen-bond donors (Lipinski definition) is 3. The molecule has 3 N–H and O–H groups in total. The molecule has 31 heavy (non-hydrogen) atoms. The molecule has 9 heteroatoms. The third-order valence-electron chi connectivity index (χ3n) is 4.44. The molecular weight excluding hydrogens is 400 g/mol. The number of pyridine rings is 1. The Morgan fingerprint density at radius 1 is 1.06 bits per heavy atom. The maximum Gasteiger partial charge on any atom is 0.341 e. The Morgan fingerprint density at radius 3 is 2.65 bits per heavy atom. The predicted molar refractivity (Wildman–Crippen MR) is 115 cm³/mol. The van der Waals surface area contributed by atoms with Gasteiger partial charge in [-0.3, -0.25) is 4.90 Å². The van der Waals surface area contributed by atoms with Crippen LogP contribution in [0.2, 0.25) is 0 Å². The number of carboxylic acid groups (broad SMARTS) is 1. The molecule has 0 fully saturated rings. The zero-order chi connectivity index (χ0) is 21.6. The van der Waals surface area contributed by atoms with E-state index in [9.17, 15) is 9.59 Å². The molecule has 2 amide bonds. The minimum atomic E-state index is -1.07. The molecule has 0 bridgehead atoms. The number of fused-ring (bicyclic) bond motifs is 1. The summed E-state index contributed by atoms with van der Waals surface area (Å²) in [5.74, 6) is 0.635. The number of aliphatic carboxylic acids is 1. The highest BCUT2D eigenvalue weighted by Gasteiger charge is 2.26. The first-order chi connectivity index (χ1) is 15.1. The van der Waals surface area contributed by atoms with E-state index >= 15 is 0 Å². The van der Waals surface area contributed by atoms with Crippen LogP contribution in [0.1, 0.15) is 0 Å². The number of carboxylic acids is 1. The second-order valence-corrected chi connectivity index (χ2v) is 6.62. The molecule has 2 aromatic carbocycles. The summed E-state index contributed by atoms with van der Waals surface area (Å²) < 4.78 is 11.0. The van der Waals surface area contributed by atoms with E-state index in [4.69, 9.17) is 14.6 Å². The zero-order valence-electron chi connectivity index (χ0n) is 16.4. The molecule has 1 aliphatic heterocycles. The average molecular weight is 420 g/mol. The minimum absolute atomic E-state index is 0.314. The van der Waals surface area contributed by atoms with E-state index in [2.05, 4.69) is 15.6 Å². The van der Waals surface area contributed by atoms with Crippen molar-refractivity contribution in [3.05, 3.63) is 66.7 Å². The van der Waals surface area contributed by atoms with Gasteiger partial charge < -0.3 is 25.2 Å². The summed E-state index contributed by atoms with van der Waals surface area (Å²) in [6.07, 6.45) is 0. The van der Waals surface area contributed by atoms with Crippen LogP contribution in [0.5, 0.6) is 11.5 Å². The van der Waals surface area contributed by atoms with E-state index in [1.165, 1.54) is 4.90 Å². The Labute approximate surface area is 178 Å². The SMILES string of the molecule is O=C(O)COc1ccccc1Nc1ccc2c(n1)N(C(=O)Nc1ccccc1)CCO2. The summed E-state index contributed by atoms with van der Waals surface area (Å²) in [5.41, 5.74) is 1.23. The fourth-order valence-electron chi connectivity index (χ4n) is 3.05. The Kier molecular flexibility index (Phi) is 5.84. The molecule has 1 aliphatic rings. The zero-order valence-corrected chi connectivity index (χ0v) is 16.4. The van der Waals surface area contributed by atoms with Gasteiger partial charge in [0.25, 0.3) is 0 Å². The van der Waals surface area contributed by atoms with E-state index in [1.54, 1.807) is 48.5 Å². The lowest BCUT2D eigenvalue weighted by atomic mass is 10.2. The number of carbonyl (C=O) groups excluding carboxylic acids is 1. The minimum Gasteiger partial charge on any atom is -0.488 e.